The summed E-state index contributed by atoms with van der Waals surface area (Å²) in [7, 11) is 3.10. The third-order valence-electron chi connectivity index (χ3n) is 4.64. The molecule has 0 radical (unpaired) electrons. The van der Waals surface area contributed by atoms with E-state index in [9.17, 15) is 14.9 Å². The Hall–Kier alpha value is -4.19. The zero-order chi connectivity index (χ0) is 25.4. The summed E-state index contributed by atoms with van der Waals surface area (Å²) in [5, 5.41) is 23.9. The monoisotopic (exact) mass is 496 g/mol. The molecule has 0 atom stereocenters. The maximum atomic E-state index is 12.4. The summed E-state index contributed by atoms with van der Waals surface area (Å²) in [5.41, 5.74) is 4.63. The maximum absolute atomic E-state index is 12.4. The highest BCUT2D eigenvalue weighted by Crippen LogP contribution is 2.26. The molecular weight excluding hydrogens is 472 g/mol. The Labute approximate surface area is 206 Å². The largest absolute Gasteiger partial charge is 0.497 e. The molecule has 0 aliphatic carbocycles. The number of thioether (sulfide) groups is 1. The molecule has 1 amide bonds. The van der Waals surface area contributed by atoms with Crippen molar-refractivity contribution in [3.63, 3.8) is 0 Å². The Kier molecular flexibility index (Phi) is 8.57. The smallest absolute Gasteiger partial charge is 0.269 e. The van der Waals surface area contributed by atoms with Crippen molar-refractivity contribution in [3.05, 3.63) is 70.3 Å². The summed E-state index contributed by atoms with van der Waals surface area (Å²) in [4.78, 5) is 22.8. The van der Waals surface area contributed by atoms with Crippen LogP contribution in [-0.4, -0.2) is 51.8 Å². The molecule has 35 heavy (non-hydrogen) atoms. The Morgan fingerprint density at radius 1 is 1.23 bits per heavy atom. The molecule has 1 heterocycles. The number of hydrogen-bond donors (Lipinski definition) is 1. The van der Waals surface area contributed by atoms with Crippen molar-refractivity contribution in [1.82, 2.24) is 20.2 Å². The molecule has 1 aromatic heterocycles. The molecule has 0 bridgehead atoms. The van der Waals surface area contributed by atoms with E-state index in [1.165, 1.54) is 30.1 Å². The second-order valence-corrected chi connectivity index (χ2v) is 8.29. The highest BCUT2D eigenvalue weighted by atomic mass is 32.2. The number of allylic oxidation sites excluding steroid dienone is 1. The molecule has 1 N–H and O–H groups in total. The van der Waals surface area contributed by atoms with Crippen molar-refractivity contribution in [2.45, 2.75) is 18.6 Å². The van der Waals surface area contributed by atoms with E-state index >= 15 is 0 Å². The molecule has 11 nitrogen and oxygen atoms in total. The van der Waals surface area contributed by atoms with Gasteiger partial charge in [0.25, 0.3) is 11.6 Å². The van der Waals surface area contributed by atoms with Gasteiger partial charge in [0.2, 0.25) is 0 Å². The minimum Gasteiger partial charge on any atom is -0.497 e. The third kappa shape index (κ3) is 6.67. The number of rotatable bonds is 11. The van der Waals surface area contributed by atoms with Crippen molar-refractivity contribution in [1.29, 1.82) is 0 Å². The summed E-state index contributed by atoms with van der Waals surface area (Å²) in [6, 6.07) is 11.3. The second-order valence-electron chi connectivity index (χ2n) is 7.34. The van der Waals surface area contributed by atoms with Gasteiger partial charge in [0, 0.05) is 29.8 Å². The molecule has 3 rings (SSSR count). The van der Waals surface area contributed by atoms with E-state index in [0.717, 1.165) is 5.57 Å². The van der Waals surface area contributed by atoms with E-state index in [1.54, 1.807) is 44.6 Å². The molecule has 0 saturated carbocycles. The minimum atomic E-state index is -0.463. The van der Waals surface area contributed by atoms with Crippen LogP contribution in [0, 0.1) is 10.1 Å². The first-order chi connectivity index (χ1) is 16.8. The number of benzene rings is 2. The van der Waals surface area contributed by atoms with Crippen molar-refractivity contribution in [2.24, 2.45) is 5.10 Å². The number of amides is 1. The van der Waals surface area contributed by atoms with Crippen LogP contribution in [0.1, 0.15) is 12.5 Å². The van der Waals surface area contributed by atoms with Gasteiger partial charge in [0.15, 0.2) is 11.0 Å². The minimum absolute atomic E-state index is 0.0156. The molecule has 0 fully saturated rings. The predicted octanol–water partition coefficient (Wildman–Crippen LogP) is 3.69. The van der Waals surface area contributed by atoms with Crippen molar-refractivity contribution in [3.8, 4) is 22.9 Å². The number of nitrogens with zero attached hydrogens (tertiary/aromatic N) is 5. The molecular formula is C23H24N6O5S. The maximum Gasteiger partial charge on any atom is 0.269 e. The number of carbonyl (C=O) groups is 1. The lowest BCUT2D eigenvalue weighted by molar-refractivity contribution is -0.384. The van der Waals surface area contributed by atoms with Crippen LogP contribution in [0.25, 0.3) is 11.4 Å². The first-order valence-corrected chi connectivity index (χ1v) is 11.3. The molecule has 182 valence electrons. The second kappa shape index (κ2) is 11.8. The molecule has 0 aliphatic heterocycles. The lowest BCUT2D eigenvalue weighted by atomic mass is 10.2. The third-order valence-corrected chi connectivity index (χ3v) is 5.61. The average molecular weight is 497 g/mol. The van der Waals surface area contributed by atoms with Crippen molar-refractivity contribution >= 4 is 29.6 Å². The SMILES string of the molecule is C=C(C)Cn1c(SCC(=O)N/N=C\c2cc(OC)ccc2OC)nnc1-c1ccc([N+](=O)[O-])cc1. The van der Waals surface area contributed by atoms with Gasteiger partial charge < -0.3 is 9.47 Å². The normalized spacial score (nSPS) is 10.8. The predicted molar refractivity (Wildman–Crippen MR) is 133 cm³/mol. The number of nitro groups is 1. The molecule has 0 spiro atoms. The van der Waals surface area contributed by atoms with Crippen LogP contribution < -0.4 is 14.9 Å². The lowest BCUT2D eigenvalue weighted by Crippen LogP contribution is -2.20. The molecule has 12 heteroatoms. The van der Waals surface area contributed by atoms with Crippen LogP contribution in [0.4, 0.5) is 5.69 Å². The lowest BCUT2D eigenvalue weighted by Gasteiger charge is -2.10. The summed E-state index contributed by atoms with van der Waals surface area (Å²) in [6.07, 6.45) is 1.47. The number of nitrogens with one attached hydrogen (secondary N) is 1. The molecule has 2 aromatic carbocycles. The molecule has 0 saturated heterocycles. The Morgan fingerprint density at radius 3 is 2.60 bits per heavy atom. The van der Waals surface area contributed by atoms with E-state index in [4.69, 9.17) is 9.47 Å². The zero-order valence-electron chi connectivity index (χ0n) is 19.4. The van der Waals surface area contributed by atoms with Gasteiger partial charge in [-0.1, -0.05) is 23.9 Å². The Bertz CT molecular complexity index is 1260. The van der Waals surface area contributed by atoms with Crippen LogP contribution in [0.5, 0.6) is 11.5 Å². The van der Waals surface area contributed by atoms with Crippen LogP contribution in [0.3, 0.4) is 0 Å². The summed E-state index contributed by atoms with van der Waals surface area (Å²) in [5.74, 6) is 1.45. The molecule has 0 aliphatic rings. The van der Waals surface area contributed by atoms with Gasteiger partial charge >= 0.3 is 0 Å². The van der Waals surface area contributed by atoms with E-state index < -0.39 is 4.92 Å². The fourth-order valence-corrected chi connectivity index (χ4v) is 3.76. The fourth-order valence-electron chi connectivity index (χ4n) is 3.03. The first-order valence-electron chi connectivity index (χ1n) is 10.3. The van der Waals surface area contributed by atoms with Crippen molar-refractivity contribution in [2.75, 3.05) is 20.0 Å². The number of ether oxygens (including phenoxy) is 2. The van der Waals surface area contributed by atoms with E-state index in [-0.39, 0.29) is 17.3 Å². The number of hydrazone groups is 1. The molecule has 3 aromatic rings. The van der Waals surface area contributed by atoms with E-state index in [0.29, 0.717) is 40.2 Å². The number of non-ortho nitro benzene ring substituents is 1. The summed E-state index contributed by atoms with van der Waals surface area (Å²) < 4.78 is 12.3. The zero-order valence-corrected chi connectivity index (χ0v) is 20.2. The first kappa shape index (κ1) is 25.4. The average Bonchev–Trinajstić information content (AvgIpc) is 3.24. The highest BCUT2D eigenvalue weighted by molar-refractivity contribution is 7.99. The van der Waals surface area contributed by atoms with Crippen molar-refractivity contribution < 1.29 is 19.2 Å². The number of hydrogen-bond acceptors (Lipinski definition) is 9. The summed E-state index contributed by atoms with van der Waals surface area (Å²) in [6.45, 7) is 6.23. The molecule has 0 unspecified atom stereocenters. The summed E-state index contributed by atoms with van der Waals surface area (Å²) >= 11 is 1.19. The number of methoxy groups -OCH3 is 2. The van der Waals surface area contributed by atoms with Crippen LogP contribution in [0.2, 0.25) is 0 Å². The van der Waals surface area contributed by atoms with Gasteiger partial charge in [0.1, 0.15) is 11.5 Å². The number of aromatic nitrogens is 3. The standard InChI is InChI=1S/C23H24N6O5S/c1-15(2)13-28-22(16-5-7-18(8-6-16)29(31)32)26-27-23(28)35-14-21(30)25-24-12-17-11-19(33-3)9-10-20(17)34-4/h5-12H,1,13-14H2,2-4H3,(H,25,30)/b24-12-. The Morgan fingerprint density at radius 2 is 1.97 bits per heavy atom. The number of nitro benzene ring substituents is 1. The topological polar surface area (TPSA) is 134 Å². The quantitative estimate of drug-likeness (QED) is 0.140. The van der Waals surface area contributed by atoms with Crippen LogP contribution in [-0.2, 0) is 11.3 Å². The van der Waals surface area contributed by atoms with Gasteiger partial charge in [-0.15, -0.1) is 10.2 Å². The van der Waals surface area contributed by atoms with E-state index in [2.05, 4.69) is 27.3 Å². The number of carbonyl (C=O) groups excluding carboxylic acids is 1. The van der Waals surface area contributed by atoms with Gasteiger partial charge in [-0.25, -0.2) is 5.43 Å². The van der Waals surface area contributed by atoms with E-state index in [1.807, 2.05) is 11.5 Å². The van der Waals surface area contributed by atoms with Gasteiger partial charge in [-0.2, -0.15) is 5.10 Å². The Balaban J connectivity index is 1.69. The van der Waals surface area contributed by atoms with Crippen LogP contribution in [0.15, 0.2) is 64.9 Å². The fraction of sp³-hybridized carbons (Fsp3) is 0.217. The van der Waals surface area contributed by atoms with Gasteiger partial charge in [-0.3, -0.25) is 19.5 Å². The van der Waals surface area contributed by atoms with Gasteiger partial charge in [0.05, 0.1) is 31.1 Å². The van der Waals surface area contributed by atoms with Gasteiger partial charge in [-0.05, 0) is 37.3 Å². The highest BCUT2D eigenvalue weighted by Gasteiger charge is 2.17. The van der Waals surface area contributed by atoms with Crippen LogP contribution >= 0.6 is 11.8 Å².